The van der Waals surface area contributed by atoms with Crippen LogP contribution in [0.1, 0.15) is 57.6 Å². The van der Waals surface area contributed by atoms with Crippen LogP contribution >= 0.6 is 15.9 Å². The lowest BCUT2D eigenvalue weighted by atomic mass is 10.0. The van der Waals surface area contributed by atoms with Crippen LogP contribution in [0, 0.1) is 5.92 Å². The smallest absolute Gasteiger partial charge is 0.0294 e. The highest BCUT2D eigenvalue weighted by molar-refractivity contribution is 9.10. The van der Waals surface area contributed by atoms with Crippen molar-refractivity contribution < 1.29 is 0 Å². The molecule has 2 rings (SSSR count). The standard InChI is InChI=1S/C16H24BrN/c1-12-4-3-5-16(11-6-12)18-13(2)14-7-9-15(17)10-8-14/h7-10,12-13,16,18H,3-6,11H2,1-2H3/t12?,13-,16?/m1/s1. The largest absolute Gasteiger partial charge is 0.307 e. The van der Waals surface area contributed by atoms with E-state index in [1.165, 1.54) is 37.7 Å². The lowest BCUT2D eigenvalue weighted by Crippen LogP contribution is -2.31. The fourth-order valence-electron chi connectivity index (χ4n) is 2.85. The minimum Gasteiger partial charge on any atom is -0.307 e. The average molecular weight is 310 g/mol. The van der Waals surface area contributed by atoms with Crippen molar-refractivity contribution >= 4 is 15.9 Å². The highest BCUT2D eigenvalue weighted by atomic mass is 79.9. The number of hydrogen-bond acceptors (Lipinski definition) is 1. The van der Waals surface area contributed by atoms with Gasteiger partial charge >= 0.3 is 0 Å². The maximum atomic E-state index is 3.80. The molecule has 0 amide bonds. The molecule has 0 radical (unpaired) electrons. The number of nitrogens with one attached hydrogen (secondary N) is 1. The Balaban J connectivity index is 1.90. The number of benzene rings is 1. The SMILES string of the molecule is CC1CCCC(N[C@H](C)c2ccc(Br)cc2)CC1. The van der Waals surface area contributed by atoms with Gasteiger partial charge in [-0.3, -0.25) is 0 Å². The fourth-order valence-corrected chi connectivity index (χ4v) is 3.12. The van der Waals surface area contributed by atoms with E-state index in [4.69, 9.17) is 0 Å². The molecule has 3 atom stereocenters. The summed E-state index contributed by atoms with van der Waals surface area (Å²) in [6, 6.07) is 9.83. The van der Waals surface area contributed by atoms with Gasteiger partial charge in [-0.25, -0.2) is 0 Å². The van der Waals surface area contributed by atoms with Gasteiger partial charge in [0, 0.05) is 16.6 Å². The van der Waals surface area contributed by atoms with Gasteiger partial charge in [-0.1, -0.05) is 47.8 Å². The van der Waals surface area contributed by atoms with E-state index in [0.717, 1.165) is 10.4 Å². The second-order valence-corrected chi connectivity index (χ2v) is 6.67. The molecule has 1 aliphatic carbocycles. The van der Waals surface area contributed by atoms with Gasteiger partial charge in [0.15, 0.2) is 0 Å². The second-order valence-electron chi connectivity index (χ2n) is 5.75. The zero-order chi connectivity index (χ0) is 13.0. The first-order valence-electron chi connectivity index (χ1n) is 7.16. The summed E-state index contributed by atoms with van der Waals surface area (Å²) in [6.07, 6.45) is 6.84. The zero-order valence-corrected chi connectivity index (χ0v) is 13.0. The predicted molar refractivity (Wildman–Crippen MR) is 81.7 cm³/mol. The van der Waals surface area contributed by atoms with Crippen LogP contribution in [0.4, 0.5) is 0 Å². The van der Waals surface area contributed by atoms with Gasteiger partial charge in [-0.2, -0.15) is 0 Å². The van der Waals surface area contributed by atoms with Crippen LogP contribution in [0.2, 0.25) is 0 Å². The van der Waals surface area contributed by atoms with E-state index >= 15 is 0 Å². The van der Waals surface area contributed by atoms with Gasteiger partial charge in [0.2, 0.25) is 0 Å². The van der Waals surface area contributed by atoms with Gasteiger partial charge in [0.25, 0.3) is 0 Å². The molecule has 0 spiro atoms. The highest BCUT2D eigenvalue weighted by Crippen LogP contribution is 2.25. The predicted octanol–water partition coefficient (Wildman–Crippen LogP) is 5.07. The minimum absolute atomic E-state index is 0.455. The van der Waals surface area contributed by atoms with Crippen molar-refractivity contribution in [3.05, 3.63) is 34.3 Å². The van der Waals surface area contributed by atoms with Crippen molar-refractivity contribution in [1.82, 2.24) is 5.32 Å². The van der Waals surface area contributed by atoms with E-state index in [1.807, 2.05) is 0 Å². The molecule has 2 heteroatoms. The summed E-state index contributed by atoms with van der Waals surface area (Å²) >= 11 is 3.49. The van der Waals surface area contributed by atoms with E-state index in [2.05, 4.69) is 59.4 Å². The summed E-state index contributed by atoms with van der Waals surface area (Å²) in [5.74, 6) is 0.916. The average Bonchev–Trinajstić information content (AvgIpc) is 2.55. The summed E-state index contributed by atoms with van der Waals surface area (Å²) in [7, 11) is 0. The van der Waals surface area contributed by atoms with Crippen molar-refractivity contribution in [1.29, 1.82) is 0 Å². The molecule has 0 aliphatic heterocycles. The lowest BCUT2D eigenvalue weighted by molar-refractivity contribution is 0.408. The van der Waals surface area contributed by atoms with Crippen LogP contribution in [0.15, 0.2) is 28.7 Å². The Labute approximate surface area is 119 Å². The van der Waals surface area contributed by atoms with Gasteiger partial charge in [0.1, 0.15) is 0 Å². The van der Waals surface area contributed by atoms with E-state index < -0.39 is 0 Å². The monoisotopic (exact) mass is 309 g/mol. The Hall–Kier alpha value is -0.340. The third-order valence-corrected chi connectivity index (χ3v) is 4.64. The van der Waals surface area contributed by atoms with Gasteiger partial charge in [-0.15, -0.1) is 0 Å². The van der Waals surface area contributed by atoms with Crippen molar-refractivity contribution in [2.45, 2.75) is 58.0 Å². The van der Waals surface area contributed by atoms with Crippen LogP contribution < -0.4 is 5.32 Å². The molecule has 1 aromatic carbocycles. The van der Waals surface area contributed by atoms with Crippen LogP contribution in [0.3, 0.4) is 0 Å². The molecule has 1 aromatic rings. The molecule has 2 unspecified atom stereocenters. The van der Waals surface area contributed by atoms with Crippen molar-refractivity contribution in [3.8, 4) is 0 Å². The van der Waals surface area contributed by atoms with Gasteiger partial charge in [0.05, 0.1) is 0 Å². The molecule has 1 fully saturated rings. The van der Waals surface area contributed by atoms with E-state index in [-0.39, 0.29) is 0 Å². The maximum absolute atomic E-state index is 3.80. The zero-order valence-electron chi connectivity index (χ0n) is 11.5. The molecule has 1 aliphatic rings. The Bertz CT molecular complexity index is 360. The van der Waals surface area contributed by atoms with Gasteiger partial charge in [-0.05, 0) is 49.8 Å². The lowest BCUT2D eigenvalue weighted by Gasteiger charge is -2.22. The van der Waals surface area contributed by atoms with Gasteiger partial charge < -0.3 is 5.32 Å². The third-order valence-electron chi connectivity index (χ3n) is 4.11. The molecule has 0 saturated heterocycles. The number of hydrogen-bond donors (Lipinski definition) is 1. The van der Waals surface area contributed by atoms with Crippen molar-refractivity contribution in [2.24, 2.45) is 5.92 Å². The summed E-state index contributed by atoms with van der Waals surface area (Å²) in [4.78, 5) is 0. The molecule has 0 aromatic heterocycles. The molecule has 1 nitrogen and oxygen atoms in total. The van der Waals surface area contributed by atoms with E-state index in [0.29, 0.717) is 12.1 Å². The number of halogens is 1. The quantitative estimate of drug-likeness (QED) is 0.769. The van der Waals surface area contributed by atoms with E-state index in [1.54, 1.807) is 0 Å². The molecule has 1 saturated carbocycles. The first-order valence-corrected chi connectivity index (χ1v) is 7.96. The maximum Gasteiger partial charge on any atom is 0.0294 e. The molecule has 18 heavy (non-hydrogen) atoms. The Morgan fingerprint density at radius 3 is 2.56 bits per heavy atom. The van der Waals surface area contributed by atoms with Crippen LogP contribution in [-0.4, -0.2) is 6.04 Å². The summed E-state index contributed by atoms with van der Waals surface area (Å²) in [5, 5.41) is 3.80. The molecular formula is C16H24BrN. The molecular weight excluding hydrogens is 286 g/mol. The normalized spacial score (nSPS) is 26.6. The first-order chi connectivity index (χ1) is 8.65. The third kappa shape index (κ3) is 4.10. The Morgan fingerprint density at radius 1 is 1.11 bits per heavy atom. The van der Waals surface area contributed by atoms with Crippen LogP contribution in [0.25, 0.3) is 0 Å². The summed E-state index contributed by atoms with van der Waals surface area (Å²) in [6.45, 7) is 4.66. The van der Waals surface area contributed by atoms with Crippen molar-refractivity contribution in [3.63, 3.8) is 0 Å². The minimum atomic E-state index is 0.455. The molecule has 1 N–H and O–H groups in total. The van der Waals surface area contributed by atoms with Crippen molar-refractivity contribution in [2.75, 3.05) is 0 Å². The topological polar surface area (TPSA) is 12.0 Å². The Kier molecular flexibility index (Phi) is 5.25. The van der Waals surface area contributed by atoms with Crippen LogP contribution in [0.5, 0.6) is 0 Å². The fraction of sp³-hybridized carbons (Fsp3) is 0.625. The highest BCUT2D eigenvalue weighted by Gasteiger charge is 2.18. The molecule has 100 valence electrons. The summed E-state index contributed by atoms with van der Waals surface area (Å²) < 4.78 is 1.15. The van der Waals surface area contributed by atoms with E-state index in [9.17, 15) is 0 Å². The van der Waals surface area contributed by atoms with Crippen LogP contribution in [-0.2, 0) is 0 Å². The summed E-state index contributed by atoms with van der Waals surface area (Å²) in [5.41, 5.74) is 1.38. The second kappa shape index (κ2) is 6.72. The first kappa shape index (κ1) is 14.1. The molecule has 0 bridgehead atoms. The number of rotatable bonds is 3. The Morgan fingerprint density at radius 2 is 1.83 bits per heavy atom. The molecule has 0 heterocycles.